The lowest BCUT2D eigenvalue weighted by atomic mass is 9.93. The topological polar surface area (TPSA) is 126 Å². The molecule has 9 nitrogen and oxygen atoms in total. The second-order valence-corrected chi connectivity index (χ2v) is 10.7. The van der Waals surface area contributed by atoms with Crippen molar-refractivity contribution in [1.82, 2.24) is 24.8 Å². The number of aryl methyl sites for hydroxylation is 1. The van der Waals surface area contributed by atoms with Gasteiger partial charge in [-0.05, 0) is 87.6 Å². The standard InChI is InChI=1S/C27H32N6O3/c1-14-10-17(11-18-13-32(27(36)22(14)18)15(2)16-6-7-16)21-8-9-33-25(30-21)23(24(28)31-33)26(35)29-19-4-3-5-20(34)12-19/h8-11,15-16,19-20,34H,3-7,12-13H2,1-2H3,(H2,28,31)(H,29,35)/t15-,19+,20+/m0/s1. The summed E-state index contributed by atoms with van der Waals surface area (Å²) in [6.45, 7) is 4.74. The number of nitrogen functional groups attached to an aromatic ring is 1. The smallest absolute Gasteiger partial charge is 0.259 e. The number of benzene rings is 1. The van der Waals surface area contributed by atoms with E-state index >= 15 is 0 Å². The number of carbonyl (C=O) groups excluding carboxylic acids is 2. The van der Waals surface area contributed by atoms with Gasteiger partial charge in [-0.3, -0.25) is 9.59 Å². The summed E-state index contributed by atoms with van der Waals surface area (Å²) in [6.07, 6.45) is 6.74. The number of aliphatic hydroxyl groups is 1. The molecule has 0 saturated heterocycles. The van der Waals surface area contributed by atoms with E-state index in [4.69, 9.17) is 10.7 Å². The van der Waals surface area contributed by atoms with Crippen molar-refractivity contribution in [3.63, 3.8) is 0 Å². The number of fused-ring (bicyclic) bond motifs is 2. The molecule has 3 aromatic rings. The van der Waals surface area contributed by atoms with Crippen LogP contribution in [0.25, 0.3) is 16.9 Å². The summed E-state index contributed by atoms with van der Waals surface area (Å²) < 4.78 is 1.52. The van der Waals surface area contributed by atoms with Gasteiger partial charge >= 0.3 is 0 Å². The summed E-state index contributed by atoms with van der Waals surface area (Å²) in [5.74, 6) is 0.522. The molecule has 6 rings (SSSR count). The van der Waals surface area contributed by atoms with Gasteiger partial charge in [0, 0.05) is 36.0 Å². The second-order valence-electron chi connectivity index (χ2n) is 10.7. The number of anilines is 1. The Morgan fingerprint density at radius 3 is 2.81 bits per heavy atom. The third-order valence-electron chi connectivity index (χ3n) is 8.05. The van der Waals surface area contributed by atoms with Crippen LogP contribution in [0.15, 0.2) is 24.4 Å². The Labute approximate surface area is 209 Å². The monoisotopic (exact) mass is 488 g/mol. The van der Waals surface area contributed by atoms with Gasteiger partial charge in [0.1, 0.15) is 5.56 Å². The van der Waals surface area contributed by atoms with Gasteiger partial charge in [0.25, 0.3) is 11.8 Å². The van der Waals surface area contributed by atoms with E-state index in [1.165, 1.54) is 17.4 Å². The molecule has 2 aliphatic carbocycles. The molecule has 2 aromatic heterocycles. The molecule has 1 aromatic carbocycles. The van der Waals surface area contributed by atoms with Crippen LogP contribution < -0.4 is 11.1 Å². The van der Waals surface area contributed by atoms with Crippen molar-refractivity contribution in [2.75, 3.05) is 5.73 Å². The lowest BCUT2D eigenvalue weighted by Crippen LogP contribution is -2.40. The molecule has 1 aliphatic heterocycles. The molecule has 3 heterocycles. The minimum atomic E-state index is -0.395. The number of aromatic nitrogens is 3. The van der Waals surface area contributed by atoms with Gasteiger partial charge in [0.15, 0.2) is 11.5 Å². The second kappa shape index (κ2) is 8.58. The van der Waals surface area contributed by atoms with Gasteiger partial charge < -0.3 is 21.1 Å². The summed E-state index contributed by atoms with van der Waals surface area (Å²) in [5.41, 5.74) is 11.1. The van der Waals surface area contributed by atoms with Crippen molar-refractivity contribution in [3.05, 3.63) is 46.6 Å². The fourth-order valence-corrected chi connectivity index (χ4v) is 5.88. The first-order chi connectivity index (χ1) is 17.3. The maximum absolute atomic E-state index is 13.2. The predicted molar refractivity (Wildman–Crippen MR) is 135 cm³/mol. The third-order valence-corrected chi connectivity index (χ3v) is 8.05. The first-order valence-electron chi connectivity index (χ1n) is 12.9. The van der Waals surface area contributed by atoms with E-state index in [2.05, 4.69) is 17.3 Å². The molecule has 2 saturated carbocycles. The van der Waals surface area contributed by atoms with Gasteiger partial charge in [-0.15, -0.1) is 5.10 Å². The minimum absolute atomic E-state index is 0.100. The van der Waals surface area contributed by atoms with Gasteiger partial charge in [-0.25, -0.2) is 9.50 Å². The molecule has 0 unspecified atom stereocenters. The van der Waals surface area contributed by atoms with Gasteiger partial charge in [-0.2, -0.15) is 0 Å². The highest BCUT2D eigenvalue weighted by molar-refractivity contribution is 6.04. The molecule has 2 fully saturated rings. The Morgan fingerprint density at radius 2 is 2.06 bits per heavy atom. The van der Waals surface area contributed by atoms with Gasteiger partial charge in [0.05, 0.1) is 11.8 Å². The lowest BCUT2D eigenvalue weighted by molar-refractivity contribution is 0.0696. The van der Waals surface area contributed by atoms with Crippen molar-refractivity contribution in [3.8, 4) is 11.3 Å². The number of nitrogens with zero attached hydrogens (tertiary/aromatic N) is 4. The highest BCUT2D eigenvalue weighted by Crippen LogP contribution is 2.39. The molecule has 4 N–H and O–H groups in total. The van der Waals surface area contributed by atoms with Crippen molar-refractivity contribution in [2.45, 2.75) is 77.1 Å². The molecule has 3 aliphatic rings. The third kappa shape index (κ3) is 3.91. The van der Waals surface area contributed by atoms with Crippen LogP contribution in [0.1, 0.15) is 77.3 Å². The Bertz CT molecular complexity index is 1380. The van der Waals surface area contributed by atoms with Crippen LogP contribution in [-0.2, 0) is 6.54 Å². The maximum atomic E-state index is 13.2. The van der Waals surface area contributed by atoms with E-state index in [0.29, 0.717) is 30.2 Å². The molecule has 2 amide bonds. The molecule has 9 heteroatoms. The molecule has 36 heavy (non-hydrogen) atoms. The number of hydrogen-bond acceptors (Lipinski definition) is 6. The molecular formula is C27H32N6O3. The fraction of sp³-hybridized carbons (Fsp3) is 0.481. The van der Waals surface area contributed by atoms with Gasteiger partial charge in [-0.1, -0.05) is 0 Å². The number of hydrogen-bond donors (Lipinski definition) is 3. The fourth-order valence-electron chi connectivity index (χ4n) is 5.88. The quantitative estimate of drug-likeness (QED) is 0.507. The van der Waals surface area contributed by atoms with Crippen LogP contribution in [0.2, 0.25) is 0 Å². The van der Waals surface area contributed by atoms with Crippen LogP contribution in [0, 0.1) is 12.8 Å². The molecule has 0 spiro atoms. The summed E-state index contributed by atoms with van der Waals surface area (Å²) >= 11 is 0. The van der Waals surface area contributed by atoms with Crippen molar-refractivity contribution in [1.29, 1.82) is 0 Å². The minimum Gasteiger partial charge on any atom is -0.393 e. The zero-order valence-corrected chi connectivity index (χ0v) is 20.7. The van der Waals surface area contributed by atoms with Crippen molar-refractivity contribution in [2.24, 2.45) is 5.92 Å². The highest BCUT2D eigenvalue weighted by atomic mass is 16.3. The number of amides is 2. The van der Waals surface area contributed by atoms with Crippen molar-refractivity contribution >= 4 is 23.3 Å². The Hall–Kier alpha value is -3.46. The van der Waals surface area contributed by atoms with Crippen molar-refractivity contribution < 1.29 is 14.7 Å². The zero-order valence-electron chi connectivity index (χ0n) is 20.7. The number of nitrogens with two attached hydrogens (primary N) is 1. The number of rotatable bonds is 5. The zero-order chi connectivity index (χ0) is 25.1. The Kier molecular flexibility index (Phi) is 5.48. The lowest BCUT2D eigenvalue weighted by Gasteiger charge is -2.26. The number of carbonyl (C=O) groups is 2. The summed E-state index contributed by atoms with van der Waals surface area (Å²) in [4.78, 5) is 33.1. The Balaban J connectivity index is 1.32. The highest BCUT2D eigenvalue weighted by Gasteiger charge is 2.39. The molecule has 0 bridgehead atoms. The Morgan fingerprint density at radius 1 is 1.25 bits per heavy atom. The van der Waals surface area contributed by atoms with E-state index in [1.54, 1.807) is 6.20 Å². The first kappa shape index (κ1) is 23.0. The average molecular weight is 489 g/mol. The van der Waals surface area contributed by atoms with Crippen LogP contribution in [0.4, 0.5) is 5.82 Å². The normalized spacial score (nSPS) is 22.6. The van der Waals surface area contributed by atoms with E-state index in [1.807, 2.05) is 30.0 Å². The average Bonchev–Trinajstić information content (AvgIpc) is 3.55. The summed E-state index contributed by atoms with van der Waals surface area (Å²) in [7, 11) is 0. The molecular weight excluding hydrogens is 456 g/mol. The molecule has 0 radical (unpaired) electrons. The van der Waals surface area contributed by atoms with E-state index in [0.717, 1.165) is 41.5 Å². The van der Waals surface area contributed by atoms with E-state index in [-0.39, 0.29) is 35.3 Å². The SMILES string of the molecule is Cc1cc(-c2ccn3nc(N)c(C(=O)N[C@@H]4CCC[C@@H](O)C4)c3n2)cc2c1C(=O)N([C@@H](C)C1CC1)C2. The van der Waals surface area contributed by atoms with Gasteiger partial charge in [0.2, 0.25) is 0 Å². The van der Waals surface area contributed by atoms with E-state index in [9.17, 15) is 14.7 Å². The van der Waals surface area contributed by atoms with Crippen LogP contribution in [0.3, 0.4) is 0 Å². The maximum Gasteiger partial charge on any atom is 0.259 e. The largest absolute Gasteiger partial charge is 0.393 e. The number of nitrogens with one attached hydrogen (secondary N) is 1. The molecule has 188 valence electrons. The van der Waals surface area contributed by atoms with Crippen LogP contribution in [0.5, 0.6) is 0 Å². The predicted octanol–water partition coefficient (Wildman–Crippen LogP) is 3.07. The van der Waals surface area contributed by atoms with Crippen LogP contribution >= 0.6 is 0 Å². The molecule has 3 atom stereocenters. The number of aliphatic hydroxyl groups excluding tert-OH is 1. The summed E-state index contributed by atoms with van der Waals surface area (Å²) in [5, 5.41) is 17.3. The summed E-state index contributed by atoms with van der Waals surface area (Å²) in [6, 6.07) is 6.03. The first-order valence-corrected chi connectivity index (χ1v) is 12.9. The van der Waals surface area contributed by atoms with Crippen LogP contribution in [-0.4, -0.2) is 54.6 Å². The van der Waals surface area contributed by atoms with E-state index < -0.39 is 6.10 Å².